The van der Waals surface area contributed by atoms with E-state index in [1.807, 2.05) is 4.90 Å². The lowest BCUT2D eigenvalue weighted by atomic mass is 10.0. The molecule has 5 heteroatoms. The molecule has 1 unspecified atom stereocenters. The highest BCUT2D eigenvalue weighted by Crippen LogP contribution is 2.20. The average molecular weight is 302 g/mol. The van der Waals surface area contributed by atoms with Crippen LogP contribution < -0.4 is 4.90 Å². The number of carbonyl (C=O) groups excluding carboxylic acids is 1. The van der Waals surface area contributed by atoms with Crippen LogP contribution in [-0.2, 0) is 0 Å². The second kappa shape index (κ2) is 7.07. The molecule has 3 rings (SSSR count). The van der Waals surface area contributed by atoms with Crippen molar-refractivity contribution in [2.24, 2.45) is 5.92 Å². The first kappa shape index (κ1) is 15.3. The highest BCUT2D eigenvalue weighted by atomic mass is 16.2. The van der Waals surface area contributed by atoms with Crippen LogP contribution in [0.2, 0.25) is 0 Å². The van der Waals surface area contributed by atoms with E-state index in [9.17, 15) is 4.79 Å². The molecule has 1 amide bonds. The number of piperidine rings is 1. The van der Waals surface area contributed by atoms with E-state index in [1.54, 1.807) is 12.3 Å². The van der Waals surface area contributed by atoms with Crippen molar-refractivity contribution in [3.63, 3.8) is 0 Å². The van der Waals surface area contributed by atoms with Crippen molar-refractivity contribution in [1.29, 1.82) is 0 Å². The molecule has 120 valence electrons. The number of amides is 1. The summed E-state index contributed by atoms with van der Waals surface area (Å²) in [7, 11) is 0. The van der Waals surface area contributed by atoms with Gasteiger partial charge in [-0.2, -0.15) is 0 Å². The van der Waals surface area contributed by atoms with E-state index < -0.39 is 0 Å². The molecule has 0 radical (unpaired) electrons. The fraction of sp³-hybridized carbons (Fsp3) is 0.706. The molecule has 3 heterocycles. The van der Waals surface area contributed by atoms with Gasteiger partial charge < -0.3 is 9.80 Å². The maximum absolute atomic E-state index is 12.7. The average Bonchev–Trinajstić information content (AvgIpc) is 2.83. The third-order valence-corrected chi connectivity index (χ3v) is 4.70. The van der Waals surface area contributed by atoms with Gasteiger partial charge in [-0.1, -0.05) is 19.8 Å². The molecule has 2 fully saturated rings. The van der Waals surface area contributed by atoms with E-state index in [0.29, 0.717) is 17.6 Å². The van der Waals surface area contributed by atoms with E-state index in [-0.39, 0.29) is 5.91 Å². The zero-order valence-corrected chi connectivity index (χ0v) is 13.5. The molecule has 0 bridgehead atoms. The van der Waals surface area contributed by atoms with Gasteiger partial charge in [-0.05, 0) is 37.7 Å². The van der Waals surface area contributed by atoms with Gasteiger partial charge in [0.2, 0.25) is 5.95 Å². The van der Waals surface area contributed by atoms with Gasteiger partial charge in [-0.25, -0.2) is 9.97 Å². The Morgan fingerprint density at radius 1 is 1.14 bits per heavy atom. The molecule has 1 atom stereocenters. The van der Waals surface area contributed by atoms with Crippen LogP contribution in [-0.4, -0.2) is 47.0 Å². The lowest BCUT2D eigenvalue weighted by Crippen LogP contribution is -2.36. The van der Waals surface area contributed by atoms with Crippen LogP contribution in [0.5, 0.6) is 0 Å². The molecule has 0 aromatic carbocycles. The van der Waals surface area contributed by atoms with Gasteiger partial charge in [0.15, 0.2) is 0 Å². The standard InChI is InChI=1S/C17H26N4O/c1-14-7-6-12-21(13-14)17-18-9-8-15(19-17)16(22)20-10-4-2-3-5-11-20/h8-9,14H,2-7,10-13H2,1H3. The molecule has 2 saturated heterocycles. The Hall–Kier alpha value is -1.65. The number of anilines is 1. The van der Waals surface area contributed by atoms with Crippen LogP contribution in [0.4, 0.5) is 5.95 Å². The largest absolute Gasteiger partial charge is 0.341 e. The number of likely N-dealkylation sites (tertiary alicyclic amines) is 1. The molecule has 22 heavy (non-hydrogen) atoms. The number of aromatic nitrogens is 2. The maximum Gasteiger partial charge on any atom is 0.272 e. The zero-order chi connectivity index (χ0) is 15.4. The third-order valence-electron chi connectivity index (χ3n) is 4.70. The zero-order valence-electron chi connectivity index (χ0n) is 13.5. The fourth-order valence-electron chi connectivity index (χ4n) is 3.43. The molecule has 2 aliphatic rings. The number of hydrogen-bond acceptors (Lipinski definition) is 4. The van der Waals surface area contributed by atoms with Crippen LogP contribution in [0.3, 0.4) is 0 Å². The number of rotatable bonds is 2. The summed E-state index contributed by atoms with van der Waals surface area (Å²) in [5, 5.41) is 0. The van der Waals surface area contributed by atoms with Crippen molar-refractivity contribution in [2.45, 2.75) is 45.4 Å². The van der Waals surface area contributed by atoms with Crippen molar-refractivity contribution in [3.05, 3.63) is 18.0 Å². The van der Waals surface area contributed by atoms with E-state index in [2.05, 4.69) is 21.8 Å². The van der Waals surface area contributed by atoms with E-state index >= 15 is 0 Å². The van der Waals surface area contributed by atoms with Gasteiger partial charge in [0.1, 0.15) is 5.69 Å². The molecule has 0 spiro atoms. The first-order valence-corrected chi connectivity index (χ1v) is 8.61. The molecule has 0 aliphatic carbocycles. The Balaban J connectivity index is 1.73. The van der Waals surface area contributed by atoms with E-state index in [1.165, 1.54) is 25.7 Å². The van der Waals surface area contributed by atoms with Gasteiger partial charge in [-0.3, -0.25) is 4.79 Å². The lowest BCUT2D eigenvalue weighted by molar-refractivity contribution is 0.0755. The lowest BCUT2D eigenvalue weighted by Gasteiger charge is -2.31. The molecule has 2 aliphatic heterocycles. The SMILES string of the molecule is CC1CCCN(c2nccc(C(=O)N3CCCCCC3)n2)C1. The summed E-state index contributed by atoms with van der Waals surface area (Å²) in [5.74, 6) is 1.45. The smallest absolute Gasteiger partial charge is 0.272 e. The van der Waals surface area contributed by atoms with Crippen LogP contribution >= 0.6 is 0 Å². The number of hydrogen-bond donors (Lipinski definition) is 0. The number of nitrogens with zero attached hydrogens (tertiary/aromatic N) is 4. The second-order valence-corrected chi connectivity index (χ2v) is 6.64. The summed E-state index contributed by atoms with van der Waals surface area (Å²) in [4.78, 5) is 25.8. The summed E-state index contributed by atoms with van der Waals surface area (Å²) in [6.45, 7) is 5.96. The molecule has 0 saturated carbocycles. The molecule has 0 N–H and O–H groups in total. The molecule has 5 nitrogen and oxygen atoms in total. The van der Waals surface area contributed by atoms with Crippen LogP contribution in [0.1, 0.15) is 55.9 Å². The Morgan fingerprint density at radius 2 is 1.91 bits per heavy atom. The molecule has 1 aromatic rings. The normalized spacial score (nSPS) is 23.2. The van der Waals surface area contributed by atoms with Crippen LogP contribution in [0.25, 0.3) is 0 Å². The second-order valence-electron chi connectivity index (χ2n) is 6.64. The Morgan fingerprint density at radius 3 is 2.64 bits per heavy atom. The van der Waals surface area contributed by atoms with Gasteiger partial charge in [-0.15, -0.1) is 0 Å². The highest BCUT2D eigenvalue weighted by molar-refractivity contribution is 5.92. The fourth-order valence-corrected chi connectivity index (χ4v) is 3.43. The van der Waals surface area contributed by atoms with Crippen LogP contribution in [0, 0.1) is 5.92 Å². The Bertz CT molecular complexity index is 511. The minimum atomic E-state index is 0.0654. The van der Waals surface area contributed by atoms with Gasteiger partial charge >= 0.3 is 0 Å². The molecular weight excluding hydrogens is 276 g/mol. The first-order valence-electron chi connectivity index (χ1n) is 8.61. The van der Waals surface area contributed by atoms with Crippen molar-refractivity contribution < 1.29 is 4.79 Å². The molecular formula is C17H26N4O. The summed E-state index contributed by atoms with van der Waals surface area (Å²) in [5.41, 5.74) is 0.546. The summed E-state index contributed by atoms with van der Waals surface area (Å²) in [6.07, 6.45) is 8.83. The van der Waals surface area contributed by atoms with Crippen molar-refractivity contribution >= 4 is 11.9 Å². The topological polar surface area (TPSA) is 49.3 Å². The Labute approximate surface area is 132 Å². The van der Waals surface area contributed by atoms with Crippen LogP contribution in [0.15, 0.2) is 12.3 Å². The predicted octanol–water partition coefficient (Wildman–Crippen LogP) is 2.73. The van der Waals surface area contributed by atoms with Crippen molar-refractivity contribution in [3.8, 4) is 0 Å². The summed E-state index contributed by atoms with van der Waals surface area (Å²) in [6, 6.07) is 1.75. The third kappa shape index (κ3) is 3.57. The first-order chi connectivity index (χ1) is 10.7. The van der Waals surface area contributed by atoms with Gasteiger partial charge in [0.05, 0.1) is 0 Å². The number of carbonyl (C=O) groups is 1. The maximum atomic E-state index is 12.7. The quantitative estimate of drug-likeness (QED) is 0.843. The minimum Gasteiger partial charge on any atom is -0.341 e. The van der Waals surface area contributed by atoms with Gasteiger partial charge in [0, 0.05) is 32.4 Å². The Kier molecular flexibility index (Phi) is 4.90. The van der Waals surface area contributed by atoms with E-state index in [4.69, 9.17) is 0 Å². The van der Waals surface area contributed by atoms with Crippen molar-refractivity contribution in [1.82, 2.24) is 14.9 Å². The van der Waals surface area contributed by atoms with E-state index in [0.717, 1.165) is 39.0 Å². The highest BCUT2D eigenvalue weighted by Gasteiger charge is 2.22. The minimum absolute atomic E-state index is 0.0654. The predicted molar refractivity (Wildman–Crippen MR) is 87.0 cm³/mol. The van der Waals surface area contributed by atoms with Crippen molar-refractivity contribution in [2.75, 3.05) is 31.1 Å². The summed E-state index contributed by atoms with van der Waals surface area (Å²) < 4.78 is 0. The molecule has 1 aromatic heterocycles. The van der Waals surface area contributed by atoms with Gasteiger partial charge in [0.25, 0.3) is 5.91 Å². The monoisotopic (exact) mass is 302 g/mol. The summed E-state index contributed by atoms with van der Waals surface area (Å²) >= 11 is 0.